The normalized spacial score (nSPS) is 18.5. The number of piperidine rings is 1. The molecule has 0 saturated carbocycles. The van der Waals surface area contributed by atoms with Crippen LogP contribution in [-0.4, -0.2) is 29.8 Å². The molecule has 1 heterocycles. The Bertz CT molecular complexity index is 198. The standard InChI is InChI=1S/C12H22ClNO/c1-10(2)11-5-8-14(9-6-11)12(15)4-3-7-13/h10-11H,3-9H2,1-2H3. The Labute approximate surface area is 98.0 Å². The number of halogens is 1. The zero-order valence-corrected chi connectivity index (χ0v) is 10.6. The fraction of sp³-hybridized carbons (Fsp3) is 0.917. The highest BCUT2D eigenvalue weighted by atomic mass is 35.5. The molecule has 1 aliphatic rings. The summed E-state index contributed by atoms with van der Waals surface area (Å²) in [6.45, 7) is 6.44. The van der Waals surface area contributed by atoms with Crippen LogP contribution < -0.4 is 0 Å². The minimum absolute atomic E-state index is 0.290. The number of carbonyl (C=O) groups excluding carboxylic acids is 1. The van der Waals surface area contributed by atoms with Gasteiger partial charge in [0.2, 0.25) is 5.91 Å². The summed E-state index contributed by atoms with van der Waals surface area (Å²) in [5.41, 5.74) is 0. The first-order chi connectivity index (χ1) is 7.15. The lowest BCUT2D eigenvalue weighted by Crippen LogP contribution is -2.39. The van der Waals surface area contributed by atoms with E-state index in [4.69, 9.17) is 11.6 Å². The summed E-state index contributed by atoms with van der Waals surface area (Å²) in [6, 6.07) is 0. The largest absolute Gasteiger partial charge is 0.343 e. The van der Waals surface area contributed by atoms with Gasteiger partial charge in [-0.2, -0.15) is 0 Å². The van der Waals surface area contributed by atoms with Crippen molar-refractivity contribution >= 4 is 17.5 Å². The van der Waals surface area contributed by atoms with Gasteiger partial charge in [0, 0.05) is 25.4 Å². The number of rotatable bonds is 4. The minimum Gasteiger partial charge on any atom is -0.343 e. The first-order valence-corrected chi connectivity index (χ1v) is 6.52. The van der Waals surface area contributed by atoms with Crippen LogP contribution in [0, 0.1) is 11.8 Å². The molecule has 0 aromatic carbocycles. The van der Waals surface area contributed by atoms with E-state index in [1.54, 1.807) is 0 Å². The lowest BCUT2D eigenvalue weighted by molar-refractivity contribution is -0.132. The van der Waals surface area contributed by atoms with Crippen LogP contribution in [0.5, 0.6) is 0 Å². The molecule has 0 unspecified atom stereocenters. The molecule has 0 N–H and O–H groups in total. The molecule has 1 amide bonds. The van der Waals surface area contributed by atoms with Gasteiger partial charge in [0.1, 0.15) is 0 Å². The Balaban J connectivity index is 2.27. The van der Waals surface area contributed by atoms with Gasteiger partial charge in [-0.3, -0.25) is 4.79 Å². The molecule has 2 nitrogen and oxygen atoms in total. The van der Waals surface area contributed by atoms with Crippen molar-refractivity contribution in [3.8, 4) is 0 Å². The van der Waals surface area contributed by atoms with Gasteiger partial charge < -0.3 is 4.90 Å². The van der Waals surface area contributed by atoms with Crippen LogP contribution in [0.3, 0.4) is 0 Å². The van der Waals surface area contributed by atoms with Crippen molar-refractivity contribution in [2.75, 3.05) is 19.0 Å². The highest BCUT2D eigenvalue weighted by Crippen LogP contribution is 2.24. The van der Waals surface area contributed by atoms with Gasteiger partial charge in [0.05, 0.1) is 0 Å². The molecule has 15 heavy (non-hydrogen) atoms. The summed E-state index contributed by atoms with van der Waals surface area (Å²) in [6.07, 6.45) is 3.77. The van der Waals surface area contributed by atoms with Crippen molar-refractivity contribution in [3.05, 3.63) is 0 Å². The molecule has 0 atom stereocenters. The second kappa shape index (κ2) is 6.37. The molecular formula is C12H22ClNO. The van der Waals surface area contributed by atoms with Crippen molar-refractivity contribution < 1.29 is 4.79 Å². The number of alkyl halides is 1. The van der Waals surface area contributed by atoms with E-state index in [0.29, 0.717) is 12.3 Å². The predicted molar refractivity (Wildman–Crippen MR) is 64.1 cm³/mol. The number of carbonyl (C=O) groups is 1. The molecule has 3 heteroatoms. The minimum atomic E-state index is 0.290. The van der Waals surface area contributed by atoms with Crippen LogP contribution in [0.1, 0.15) is 39.5 Å². The Hall–Kier alpha value is -0.240. The maximum atomic E-state index is 11.7. The number of nitrogens with zero attached hydrogens (tertiary/aromatic N) is 1. The highest BCUT2D eigenvalue weighted by molar-refractivity contribution is 6.17. The van der Waals surface area contributed by atoms with Gasteiger partial charge in [-0.05, 0) is 31.1 Å². The average molecular weight is 232 g/mol. The van der Waals surface area contributed by atoms with Crippen molar-refractivity contribution in [3.63, 3.8) is 0 Å². The fourth-order valence-corrected chi connectivity index (χ4v) is 2.33. The molecule has 1 fully saturated rings. The Morgan fingerprint density at radius 2 is 2.00 bits per heavy atom. The van der Waals surface area contributed by atoms with Gasteiger partial charge in [-0.25, -0.2) is 0 Å². The first kappa shape index (κ1) is 12.8. The number of hydrogen-bond acceptors (Lipinski definition) is 1. The molecule has 0 aromatic rings. The molecule has 88 valence electrons. The Morgan fingerprint density at radius 1 is 1.40 bits per heavy atom. The number of hydrogen-bond donors (Lipinski definition) is 0. The summed E-state index contributed by atoms with van der Waals surface area (Å²) < 4.78 is 0. The van der Waals surface area contributed by atoms with Crippen molar-refractivity contribution in [2.24, 2.45) is 11.8 Å². The Morgan fingerprint density at radius 3 is 2.47 bits per heavy atom. The van der Waals surface area contributed by atoms with Gasteiger partial charge >= 0.3 is 0 Å². The maximum absolute atomic E-state index is 11.7. The molecule has 1 saturated heterocycles. The summed E-state index contributed by atoms with van der Waals surface area (Å²) in [7, 11) is 0. The van der Waals surface area contributed by atoms with Crippen molar-refractivity contribution in [1.82, 2.24) is 4.90 Å². The van der Waals surface area contributed by atoms with Crippen LogP contribution in [0.25, 0.3) is 0 Å². The van der Waals surface area contributed by atoms with Gasteiger partial charge in [-0.1, -0.05) is 13.8 Å². The lowest BCUT2D eigenvalue weighted by atomic mass is 9.86. The van der Waals surface area contributed by atoms with E-state index >= 15 is 0 Å². The summed E-state index contributed by atoms with van der Waals surface area (Å²) in [5, 5.41) is 0. The van der Waals surface area contributed by atoms with E-state index in [2.05, 4.69) is 13.8 Å². The molecule has 0 aliphatic carbocycles. The molecular weight excluding hydrogens is 210 g/mol. The van der Waals surface area contributed by atoms with E-state index in [1.165, 1.54) is 12.8 Å². The third kappa shape index (κ3) is 4.02. The van der Waals surface area contributed by atoms with Crippen LogP contribution in [-0.2, 0) is 4.79 Å². The molecule has 1 rings (SSSR count). The van der Waals surface area contributed by atoms with Crippen LogP contribution >= 0.6 is 11.6 Å². The third-order valence-electron chi connectivity index (χ3n) is 3.36. The van der Waals surface area contributed by atoms with E-state index in [-0.39, 0.29) is 5.91 Å². The Kier molecular flexibility index (Phi) is 5.44. The SMILES string of the molecule is CC(C)C1CCN(C(=O)CCCCl)CC1. The number of likely N-dealkylation sites (tertiary alicyclic amines) is 1. The molecule has 1 aliphatic heterocycles. The van der Waals surface area contributed by atoms with E-state index < -0.39 is 0 Å². The zero-order chi connectivity index (χ0) is 11.3. The predicted octanol–water partition coefficient (Wildman–Crippen LogP) is 2.90. The lowest BCUT2D eigenvalue weighted by Gasteiger charge is -2.33. The molecule has 0 aromatic heterocycles. The summed E-state index contributed by atoms with van der Waals surface area (Å²) in [5.74, 6) is 2.44. The number of amides is 1. The zero-order valence-electron chi connectivity index (χ0n) is 9.84. The second-order valence-corrected chi connectivity index (χ2v) is 5.13. The second-order valence-electron chi connectivity index (χ2n) is 4.75. The highest BCUT2D eigenvalue weighted by Gasteiger charge is 2.23. The van der Waals surface area contributed by atoms with Gasteiger partial charge in [0.25, 0.3) is 0 Å². The molecule has 0 bridgehead atoms. The van der Waals surface area contributed by atoms with E-state index in [1.807, 2.05) is 4.90 Å². The monoisotopic (exact) mass is 231 g/mol. The summed E-state index contributed by atoms with van der Waals surface area (Å²) >= 11 is 5.58. The average Bonchev–Trinajstić information content (AvgIpc) is 2.26. The van der Waals surface area contributed by atoms with Crippen molar-refractivity contribution in [2.45, 2.75) is 39.5 Å². The molecule has 0 radical (unpaired) electrons. The topological polar surface area (TPSA) is 20.3 Å². The van der Waals surface area contributed by atoms with Crippen molar-refractivity contribution in [1.29, 1.82) is 0 Å². The van der Waals surface area contributed by atoms with Crippen LogP contribution in [0.4, 0.5) is 0 Å². The van der Waals surface area contributed by atoms with Gasteiger partial charge in [-0.15, -0.1) is 11.6 Å². The first-order valence-electron chi connectivity index (χ1n) is 5.99. The van der Waals surface area contributed by atoms with Crippen LogP contribution in [0.15, 0.2) is 0 Å². The third-order valence-corrected chi connectivity index (χ3v) is 3.63. The quantitative estimate of drug-likeness (QED) is 0.682. The van der Waals surface area contributed by atoms with E-state index in [0.717, 1.165) is 31.3 Å². The smallest absolute Gasteiger partial charge is 0.222 e. The fourth-order valence-electron chi connectivity index (χ4n) is 2.19. The molecule has 0 spiro atoms. The van der Waals surface area contributed by atoms with E-state index in [9.17, 15) is 4.79 Å². The summed E-state index contributed by atoms with van der Waals surface area (Å²) in [4.78, 5) is 13.7. The maximum Gasteiger partial charge on any atom is 0.222 e. The van der Waals surface area contributed by atoms with Gasteiger partial charge in [0.15, 0.2) is 0 Å². The van der Waals surface area contributed by atoms with Crippen LogP contribution in [0.2, 0.25) is 0 Å².